The third-order valence-corrected chi connectivity index (χ3v) is 3.63. The lowest BCUT2D eigenvalue weighted by Gasteiger charge is -2.12. The maximum absolute atomic E-state index is 12.2. The van der Waals surface area contributed by atoms with Gasteiger partial charge in [-0.15, -0.1) is 0 Å². The van der Waals surface area contributed by atoms with Crippen LogP contribution in [0.4, 0.5) is 5.82 Å². The molecular weight excluding hydrogens is 280 g/mol. The Hall–Kier alpha value is -2.41. The topological polar surface area (TPSA) is 94.7 Å². The van der Waals surface area contributed by atoms with Crippen LogP contribution in [0.5, 0.6) is 0 Å². The number of carbonyl (C=O) groups is 1. The highest BCUT2D eigenvalue weighted by Crippen LogP contribution is 2.14. The van der Waals surface area contributed by atoms with Crippen LogP contribution in [0, 0.1) is 0 Å². The van der Waals surface area contributed by atoms with Crippen molar-refractivity contribution in [3.05, 3.63) is 41.3 Å². The molecular formula is C15H20N6O. The quantitative estimate of drug-likeness (QED) is 0.589. The molecule has 0 fully saturated rings. The van der Waals surface area contributed by atoms with Crippen LogP contribution < -0.4 is 16.0 Å². The molecule has 0 saturated carbocycles. The molecule has 7 heteroatoms. The van der Waals surface area contributed by atoms with Gasteiger partial charge in [-0.05, 0) is 18.6 Å². The number of nitrogens with one attached hydrogen (secondary N) is 4. The third kappa shape index (κ3) is 3.43. The van der Waals surface area contributed by atoms with E-state index in [1.165, 1.54) is 0 Å². The van der Waals surface area contributed by atoms with Crippen LogP contribution in [0.2, 0.25) is 0 Å². The van der Waals surface area contributed by atoms with Gasteiger partial charge in [0.1, 0.15) is 5.82 Å². The van der Waals surface area contributed by atoms with E-state index in [1.807, 2.05) is 18.2 Å². The molecule has 7 nitrogen and oxygen atoms in total. The van der Waals surface area contributed by atoms with E-state index in [1.54, 1.807) is 6.20 Å². The van der Waals surface area contributed by atoms with Crippen molar-refractivity contribution in [3.8, 4) is 0 Å². The number of amides is 1. The third-order valence-electron chi connectivity index (χ3n) is 3.63. The van der Waals surface area contributed by atoms with Crippen LogP contribution in [0.1, 0.15) is 28.2 Å². The summed E-state index contributed by atoms with van der Waals surface area (Å²) in [6.07, 6.45) is 3.47. The summed E-state index contributed by atoms with van der Waals surface area (Å²) in [5.74, 6) is 0.736. The maximum atomic E-state index is 12.2. The summed E-state index contributed by atoms with van der Waals surface area (Å²) < 4.78 is 0. The Morgan fingerprint density at radius 1 is 1.32 bits per heavy atom. The number of nitrogens with zero attached hydrogens (tertiary/aromatic N) is 2. The number of hydrogen-bond acceptors (Lipinski definition) is 5. The minimum absolute atomic E-state index is 0.112. The number of hydrogen-bond donors (Lipinski definition) is 4. The van der Waals surface area contributed by atoms with Crippen molar-refractivity contribution < 1.29 is 4.79 Å². The zero-order valence-electron chi connectivity index (χ0n) is 12.4. The first kappa shape index (κ1) is 14.5. The fourth-order valence-electron chi connectivity index (χ4n) is 2.47. The molecule has 2 aromatic heterocycles. The van der Waals surface area contributed by atoms with E-state index in [2.05, 4.69) is 31.1 Å². The SMILES string of the molecule is O=C(NCCCNc1ccccn1)c1n[nH]c2c1CNCC2. The summed E-state index contributed by atoms with van der Waals surface area (Å²) in [6, 6.07) is 5.73. The Bertz CT molecular complexity index is 624. The van der Waals surface area contributed by atoms with Crippen molar-refractivity contribution in [2.75, 3.05) is 25.0 Å². The zero-order valence-corrected chi connectivity index (χ0v) is 12.4. The molecule has 0 aromatic carbocycles. The first-order chi connectivity index (χ1) is 10.8. The predicted octanol–water partition coefficient (Wildman–Crippen LogP) is 0.682. The van der Waals surface area contributed by atoms with Crippen LogP contribution >= 0.6 is 0 Å². The number of carbonyl (C=O) groups excluding carboxylic acids is 1. The largest absolute Gasteiger partial charge is 0.370 e. The highest BCUT2D eigenvalue weighted by Gasteiger charge is 2.20. The molecule has 0 spiro atoms. The van der Waals surface area contributed by atoms with Gasteiger partial charge in [-0.2, -0.15) is 5.10 Å². The van der Waals surface area contributed by atoms with Gasteiger partial charge in [0.05, 0.1) is 0 Å². The number of H-pyrrole nitrogens is 1. The number of rotatable bonds is 6. The van der Waals surface area contributed by atoms with Crippen LogP contribution in [0.3, 0.4) is 0 Å². The molecule has 0 saturated heterocycles. The summed E-state index contributed by atoms with van der Waals surface area (Å²) in [6.45, 7) is 3.00. The number of anilines is 1. The number of aromatic amines is 1. The lowest BCUT2D eigenvalue weighted by atomic mass is 10.1. The molecule has 0 unspecified atom stereocenters. The van der Waals surface area contributed by atoms with Crippen molar-refractivity contribution in [2.24, 2.45) is 0 Å². The highest BCUT2D eigenvalue weighted by atomic mass is 16.1. The Balaban J connectivity index is 1.42. The maximum Gasteiger partial charge on any atom is 0.272 e. The summed E-state index contributed by atoms with van der Waals surface area (Å²) in [7, 11) is 0. The van der Waals surface area contributed by atoms with Crippen LogP contribution in [0.15, 0.2) is 24.4 Å². The monoisotopic (exact) mass is 300 g/mol. The van der Waals surface area contributed by atoms with Gasteiger partial charge in [0.25, 0.3) is 5.91 Å². The zero-order chi connectivity index (χ0) is 15.2. The molecule has 0 bridgehead atoms. The lowest BCUT2D eigenvalue weighted by Crippen LogP contribution is -2.29. The predicted molar refractivity (Wildman–Crippen MR) is 83.7 cm³/mol. The Morgan fingerprint density at radius 2 is 2.27 bits per heavy atom. The molecule has 22 heavy (non-hydrogen) atoms. The second-order valence-corrected chi connectivity index (χ2v) is 5.21. The highest BCUT2D eigenvalue weighted by molar-refractivity contribution is 5.94. The summed E-state index contributed by atoms with van der Waals surface area (Å²) in [5.41, 5.74) is 2.58. The van der Waals surface area contributed by atoms with E-state index in [4.69, 9.17) is 0 Å². The number of aromatic nitrogens is 3. The lowest BCUT2D eigenvalue weighted by molar-refractivity contribution is 0.0947. The van der Waals surface area contributed by atoms with E-state index in [9.17, 15) is 4.79 Å². The van der Waals surface area contributed by atoms with Crippen molar-refractivity contribution >= 4 is 11.7 Å². The minimum Gasteiger partial charge on any atom is -0.370 e. The first-order valence-corrected chi connectivity index (χ1v) is 7.54. The van der Waals surface area contributed by atoms with Gasteiger partial charge < -0.3 is 16.0 Å². The van der Waals surface area contributed by atoms with Gasteiger partial charge in [0, 0.05) is 50.1 Å². The molecule has 116 valence electrons. The van der Waals surface area contributed by atoms with Crippen molar-refractivity contribution in [1.82, 2.24) is 25.8 Å². The van der Waals surface area contributed by atoms with Gasteiger partial charge in [-0.25, -0.2) is 4.98 Å². The molecule has 3 heterocycles. The van der Waals surface area contributed by atoms with Gasteiger partial charge >= 0.3 is 0 Å². The standard InChI is InChI=1S/C15H20N6O/c22-15(14-11-10-16-9-5-12(11)20-21-14)19-8-3-7-18-13-4-1-2-6-17-13/h1-2,4,6,16H,3,5,7-10H2,(H,17,18)(H,19,22)(H,20,21). The van der Waals surface area contributed by atoms with Crippen LogP contribution in [-0.4, -0.2) is 40.7 Å². The van der Waals surface area contributed by atoms with Gasteiger partial charge in [0.2, 0.25) is 0 Å². The average molecular weight is 300 g/mol. The van der Waals surface area contributed by atoms with Gasteiger partial charge in [-0.1, -0.05) is 6.07 Å². The molecule has 0 aliphatic carbocycles. The van der Waals surface area contributed by atoms with E-state index < -0.39 is 0 Å². The van der Waals surface area contributed by atoms with E-state index in [0.29, 0.717) is 18.8 Å². The van der Waals surface area contributed by atoms with Gasteiger partial charge in [0.15, 0.2) is 5.69 Å². The smallest absolute Gasteiger partial charge is 0.272 e. The molecule has 1 amide bonds. The Labute approximate surface area is 128 Å². The molecule has 1 aliphatic rings. The average Bonchev–Trinajstić information content (AvgIpc) is 2.99. The molecule has 0 atom stereocenters. The molecule has 3 rings (SSSR count). The Kier molecular flexibility index (Phi) is 4.65. The summed E-state index contributed by atoms with van der Waals surface area (Å²) in [4.78, 5) is 16.3. The van der Waals surface area contributed by atoms with E-state index >= 15 is 0 Å². The van der Waals surface area contributed by atoms with Crippen LogP contribution in [-0.2, 0) is 13.0 Å². The molecule has 0 radical (unpaired) electrons. The second-order valence-electron chi connectivity index (χ2n) is 5.21. The van der Waals surface area contributed by atoms with Crippen LogP contribution in [0.25, 0.3) is 0 Å². The second kappa shape index (κ2) is 7.04. The fraction of sp³-hybridized carbons (Fsp3) is 0.400. The normalized spacial score (nSPS) is 13.5. The van der Waals surface area contributed by atoms with Gasteiger partial charge in [-0.3, -0.25) is 9.89 Å². The number of pyridine rings is 1. The van der Waals surface area contributed by atoms with Crippen molar-refractivity contribution in [2.45, 2.75) is 19.4 Å². The van der Waals surface area contributed by atoms with E-state index in [-0.39, 0.29) is 5.91 Å². The van der Waals surface area contributed by atoms with Crippen molar-refractivity contribution in [3.63, 3.8) is 0 Å². The molecule has 1 aliphatic heterocycles. The molecule has 4 N–H and O–H groups in total. The fourth-order valence-corrected chi connectivity index (χ4v) is 2.47. The Morgan fingerprint density at radius 3 is 3.14 bits per heavy atom. The van der Waals surface area contributed by atoms with Crippen molar-refractivity contribution in [1.29, 1.82) is 0 Å². The summed E-state index contributed by atoms with van der Waals surface area (Å²) >= 11 is 0. The number of fused-ring (bicyclic) bond motifs is 1. The minimum atomic E-state index is -0.112. The first-order valence-electron chi connectivity index (χ1n) is 7.54. The molecule has 2 aromatic rings. The summed E-state index contributed by atoms with van der Waals surface area (Å²) in [5, 5.41) is 16.5. The van der Waals surface area contributed by atoms with E-state index in [0.717, 1.165) is 43.0 Å².